The highest BCUT2D eigenvalue weighted by atomic mass is 32.2. The highest BCUT2D eigenvalue weighted by Crippen LogP contribution is 2.25. The summed E-state index contributed by atoms with van der Waals surface area (Å²) >= 11 is 0. The molecular weight excluding hydrogens is 348 g/mol. The molecule has 0 aliphatic heterocycles. The Labute approximate surface area is 154 Å². The van der Waals surface area contributed by atoms with Crippen LogP contribution in [0.5, 0.6) is 0 Å². The smallest absolute Gasteiger partial charge is 0.268 e. The molecule has 0 aliphatic rings. The number of hydrogen-bond acceptors (Lipinski definition) is 4. The van der Waals surface area contributed by atoms with Crippen molar-refractivity contribution >= 4 is 21.6 Å². The highest BCUT2D eigenvalue weighted by molar-refractivity contribution is 7.94. The summed E-state index contributed by atoms with van der Waals surface area (Å²) in [7, 11) is -3.87. The van der Waals surface area contributed by atoms with Crippen LogP contribution in [0.15, 0.2) is 42.5 Å². The van der Waals surface area contributed by atoms with Gasteiger partial charge in [-0.25, -0.2) is 12.7 Å². The minimum atomic E-state index is -3.87. The van der Waals surface area contributed by atoms with Crippen LogP contribution >= 0.6 is 0 Å². The Kier molecular flexibility index (Phi) is 5.83. The number of hydrogen-bond donors (Lipinski definition) is 0. The Morgan fingerprint density at radius 1 is 1.08 bits per heavy atom. The number of carbonyl (C=O) groups is 1. The van der Waals surface area contributed by atoms with Crippen molar-refractivity contribution in [1.82, 2.24) is 0 Å². The molecule has 0 fully saturated rings. The first kappa shape index (κ1) is 19.7. The van der Waals surface area contributed by atoms with Crippen molar-refractivity contribution in [2.75, 3.05) is 4.31 Å². The van der Waals surface area contributed by atoms with Gasteiger partial charge in [-0.15, -0.1) is 0 Å². The summed E-state index contributed by atoms with van der Waals surface area (Å²) in [6.07, 6.45) is 0.224. The number of nitriles is 1. The van der Waals surface area contributed by atoms with E-state index in [-0.39, 0.29) is 12.1 Å². The number of carbonyl (C=O) groups excluding carboxylic acids is 1. The summed E-state index contributed by atoms with van der Waals surface area (Å²) in [5.41, 5.74) is 3.13. The van der Waals surface area contributed by atoms with E-state index in [0.717, 1.165) is 21.0 Å². The van der Waals surface area contributed by atoms with Crippen LogP contribution in [0.1, 0.15) is 40.9 Å². The standard InChI is InChI=1S/C20H22N2O3S/c1-14(2)26(24,25)22(19-7-5-17(6-8-19)9-10-21)20(23)18-12-15(3)11-16(4)13-18/h5-8,11-14H,9H2,1-4H3. The largest absolute Gasteiger partial charge is 0.272 e. The maximum absolute atomic E-state index is 13.1. The van der Waals surface area contributed by atoms with Crippen LogP contribution in [0, 0.1) is 25.2 Å². The van der Waals surface area contributed by atoms with Gasteiger partial charge in [0, 0.05) is 5.56 Å². The lowest BCUT2D eigenvalue weighted by Gasteiger charge is -2.25. The summed E-state index contributed by atoms with van der Waals surface area (Å²) < 4.78 is 26.6. The van der Waals surface area contributed by atoms with Crippen molar-refractivity contribution in [3.8, 4) is 6.07 Å². The van der Waals surface area contributed by atoms with Crippen LogP contribution in [0.4, 0.5) is 5.69 Å². The quantitative estimate of drug-likeness (QED) is 0.803. The molecule has 0 bridgehead atoms. The Bertz CT molecular complexity index is 935. The SMILES string of the molecule is Cc1cc(C)cc(C(=O)N(c2ccc(CC#N)cc2)S(=O)(=O)C(C)C)c1. The molecule has 0 radical (unpaired) electrons. The number of amides is 1. The summed E-state index contributed by atoms with van der Waals surface area (Å²) in [4.78, 5) is 13.1. The molecule has 0 saturated carbocycles. The lowest BCUT2D eigenvalue weighted by Crippen LogP contribution is -2.41. The first-order valence-corrected chi connectivity index (χ1v) is 9.79. The molecule has 0 N–H and O–H groups in total. The molecule has 0 atom stereocenters. The fraction of sp³-hybridized carbons (Fsp3) is 0.300. The first-order valence-electron chi connectivity index (χ1n) is 8.29. The molecule has 2 rings (SSSR count). The molecule has 136 valence electrons. The molecule has 5 nitrogen and oxygen atoms in total. The topological polar surface area (TPSA) is 78.2 Å². The fourth-order valence-electron chi connectivity index (χ4n) is 2.65. The molecule has 0 spiro atoms. The number of aryl methyl sites for hydroxylation is 2. The van der Waals surface area contributed by atoms with Gasteiger partial charge in [0.2, 0.25) is 10.0 Å². The van der Waals surface area contributed by atoms with Gasteiger partial charge in [0.25, 0.3) is 5.91 Å². The number of anilines is 1. The van der Waals surface area contributed by atoms with Crippen molar-refractivity contribution in [3.05, 3.63) is 64.7 Å². The van der Waals surface area contributed by atoms with Crippen LogP contribution in [0.3, 0.4) is 0 Å². The molecule has 0 heterocycles. The Hall–Kier alpha value is -2.65. The molecule has 2 aromatic carbocycles. The molecule has 0 saturated heterocycles. The molecule has 6 heteroatoms. The Morgan fingerprint density at radius 2 is 1.62 bits per heavy atom. The van der Waals surface area contributed by atoms with Crippen molar-refractivity contribution in [2.24, 2.45) is 0 Å². The van der Waals surface area contributed by atoms with Gasteiger partial charge in [-0.1, -0.05) is 29.3 Å². The van der Waals surface area contributed by atoms with E-state index < -0.39 is 21.2 Å². The van der Waals surface area contributed by atoms with Crippen LogP contribution < -0.4 is 4.31 Å². The lowest BCUT2D eigenvalue weighted by atomic mass is 10.1. The molecule has 1 amide bonds. The van der Waals surface area contributed by atoms with Crippen molar-refractivity contribution in [3.63, 3.8) is 0 Å². The van der Waals surface area contributed by atoms with E-state index in [1.54, 1.807) is 50.2 Å². The average molecular weight is 370 g/mol. The molecular formula is C20H22N2O3S. The van der Waals surface area contributed by atoms with Gasteiger partial charge in [-0.2, -0.15) is 5.26 Å². The van der Waals surface area contributed by atoms with E-state index in [2.05, 4.69) is 0 Å². The van der Waals surface area contributed by atoms with Gasteiger partial charge >= 0.3 is 0 Å². The Morgan fingerprint density at radius 3 is 2.08 bits per heavy atom. The zero-order valence-corrected chi connectivity index (χ0v) is 16.2. The fourth-order valence-corrected chi connectivity index (χ4v) is 3.82. The van der Waals surface area contributed by atoms with E-state index >= 15 is 0 Å². The van der Waals surface area contributed by atoms with Crippen molar-refractivity contribution < 1.29 is 13.2 Å². The van der Waals surface area contributed by atoms with E-state index in [4.69, 9.17) is 5.26 Å². The second kappa shape index (κ2) is 7.71. The molecule has 0 unspecified atom stereocenters. The second-order valence-corrected chi connectivity index (χ2v) is 8.88. The lowest BCUT2D eigenvalue weighted by molar-refractivity contribution is 0.100. The van der Waals surface area contributed by atoms with E-state index in [9.17, 15) is 13.2 Å². The summed E-state index contributed by atoms with van der Waals surface area (Å²) in [6.45, 7) is 6.81. The monoisotopic (exact) mass is 370 g/mol. The predicted molar refractivity (Wildman–Crippen MR) is 103 cm³/mol. The first-order chi connectivity index (χ1) is 12.2. The summed E-state index contributed by atoms with van der Waals surface area (Å²) in [5.74, 6) is -0.585. The van der Waals surface area contributed by atoms with Gasteiger partial charge < -0.3 is 0 Å². The van der Waals surface area contributed by atoms with Crippen molar-refractivity contribution in [1.29, 1.82) is 5.26 Å². The average Bonchev–Trinajstić information content (AvgIpc) is 2.55. The normalized spacial score (nSPS) is 11.2. The maximum atomic E-state index is 13.1. The van der Waals surface area contributed by atoms with Crippen LogP contribution in [-0.2, 0) is 16.4 Å². The molecule has 26 heavy (non-hydrogen) atoms. The third-order valence-corrected chi connectivity index (χ3v) is 6.03. The van der Waals surface area contributed by atoms with Gasteiger partial charge in [-0.3, -0.25) is 4.79 Å². The van der Waals surface area contributed by atoms with Crippen molar-refractivity contribution in [2.45, 2.75) is 39.4 Å². The summed E-state index contributed by atoms with van der Waals surface area (Å²) in [5, 5.41) is 8.03. The van der Waals surface area contributed by atoms with Crippen LogP contribution in [-0.4, -0.2) is 19.6 Å². The third-order valence-electron chi connectivity index (χ3n) is 3.96. The number of benzene rings is 2. The number of rotatable bonds is 5. The highest BCUT2D eigenvalue weighted by Gasteiger charge is 2.32. The zero-order valence-electron chi connectivity index (χ0n) is 15.4. The third kappa shape index (κ3) is 4.12. The van der Waals surface area contributed by atoms with E-state index in [0.29, 0.717) is 5.56 Å². The Balaban J connectivity index is 2.58. The van der Waals surface area contributed by atoms with E-state index in [1.165, 1.54) is 0 Å². The summed E-state index contributed by atoms with van der Waals surface area (Å²) in [6, 6.07) is 13.8. The molecule has 0 aliphatic carbocycles. The van der Waals surface area contributed by atoms with Crippen LogP contribution in [0.25, 0.3) is 0 Å². The zero-order chi connectivity index (χ0) is 19.5. The van der Waals surface area contributed by atoms with Gasteiger partial charge in [-0.05, 0) is 57.5 Å². The van der Waals surface area contributed by atoms with Gasteiger partial charge in [0.15, 0.2) is 0 Å². The molecule has 0 aromatic heterocycles. The minimum Gasteiger partial charge on any atom is -0.268 e. The van der Waals surface area contributed by atoms with Gasteiger partial charge in [0.1, 0.15) is 0 Å². The maximum Gasteiger partial charge on any atom is 0.272 e. The minimum absolute atomic E-state index is 0.224. The van der Waals surface area contributed by atoms with Crippen LogP contribution in [0.2, 0.25) is 0 Å². The predicted octanol–water partition coefficient (Wildman–Crippen LogP) is 3.75. The van der Waals surface area contributed by atoms with E-state index in [1.807, 2.05) is 26.0 Å². The number of sulfonamides is 1. The number of nitrogens with zero attached hydrogens (tertiary/aromatic N) is 2. The van der Waals surface area contributed by atoms with Gasteiger partial charge in [0.05, 0.1) is 23.4 Å². The second-order valence-electron chi connectivity index (χ2n) is 6.54. The molecule has 2 aromatic rings.